The van der Waals surface area contributed by atoms with Crippen LogP contribution in [0.1, 0.15) is 17.5 Å². The molecule has 2 N–H and O–H groups in total. The molecule has 0 saturated carbocycles. The van der Waals surface area contributed by atoms with Gasteiger partial charge in [0, 0.05) is 22.3 Å². The summed E-state index contributed by atoms with van der Waals surface area (Å²) >= 11 is 3.35. The van der Waals surface area contributed by atoms with Crippen molar-refractivity contribution in [1.29, 1.82) is 0 Å². The smallest absolute Gasteiger partial charge is 0.261 e. The summed E-state index contributed by atoms with van der Waals surface area (Å²) in [6, 6.07) is 21.1. The van der Waals surface area contributed by atoms with Gasteiger partial charge in [-0.25, -0.2) is 8.42 Å². The van der Waals surface area contributed by atoms with Gasteiger partial charge in [-0.15, -0.1) is 0 Å². The van der Waals surface area contributed by atoms with Crippen LogP contribution in [-0.4, -0.2) is 14.3 Å². The number of sulfonamides is 1. The number of carbonyl (C=O) groups is 1. The lowest BCUT2D eigenvalue weighted by molar-refractivity contribution is -0.116. The molecule has 0 radical (unpaired) electrons. The van der Waals surface area contributed by atoms with Gasteiger partial charge in [0.15, 0.2) is 0 Å². The Morgan fingerprint density at radius 3 is 2.07 bits per heavy atom. The van der Waals surface area contributed by atoms with Gasteiger partial charge in [0.05, 0.1) is 4.90 Å². The molecule has 0 aliphatic rings. The Labute approximate surface area is 179 Å². The second kappa shape index (κ2) is 9.24. The zero-order valence-corrected chi connectivity index (χ0v) is 18.3. The molecule has 0 heterocycles. The molecule has 0 fully saturated rings. The zero-order valence-electron chi connectivity index (χ0n) is 15.9. The standard InChI is InChI=1S/C22H21BrN2O3S/c1-16-2-9-20(10-3-16)25-29(27,28)21-13-4-17(5-14-21)6-15-22(26)24-19-11-7-18(23)8-12-19/h2-5,7-14,25H,6,15H2,1H3,(H,24,26). The number of anilines is 2. The Balaban J connectivity index is 1.57. The fourth-order valence-corrected chi connectivity index (χ4v) is 4.01. The van der Waals surface area contributed by atoms with Crippen LogP contribution in [0, 0.1) is 6.92 Å². The van der Waals surface area contributed by atoms with Crippen LogP contribution in [0.15, 0.2) is 82.2 Å². The highest BCUT2D eigenvalue weighted by Crippen LogP contribution is 2.18. The number of halogens is 1. The van der Waals surface area contributed by atoms with Crippen molar-refractivity contribution in [3.05, 3.63) is 88.4 Å². The second-order valence-electron chi connectivity index (χ2n) is 6.67. The summed E-state index contributed by atoms with van der Waals surface area (Å²) in [6.07, 6.45) is 0.831. The molecule has 0 aromatic heterocycles. The number of nitrogens with one attached hydrogen (secondary N) is 2. The molecule has 3 aromatic rings. The van der Waals surface area contributed by atoms with Gasteiger partial charge in [-0.3, -0.25) is 9.52 Å². The lowest BCUT2D eigenvalue weighted by Gasteiger charge is -2.09. The van der Waals surface area contributed by atoms with Crippen molar-refractivity contribution in [2.75, 3.05) is 10.0 Å². The van der Waals surface area contributed by atoms with Gasteiger partial charge < -0.3 is 5.32 Å². The van der Waals surface area contributed by atoms with Crippen LogP contribution in [0.3, 0.4) is 0 Å². The lowest BCUT2D eigenvalue weighted by atomic mass is 10.1. The number of hydrogen-bond acceptors (Lipinski definition) is 3. The molecule has 0 aliphatic carbocycles. The van der Waals surface area contributed by atoms with Crippen molar-refractivity contribution in [3.8, 4) is 0 Å². The van der Waals surface area contributed by atoms with Crippen LogP contribution in [0.2, 0.25) is 0 Å². The number of rotatable bonds is 7. The predicted molar refractivity (Wildman–Crippen MR) is 120 cm³/mol. The first-order valence-electron chi connectivity index (χ1n) is 9.06. The summed E-state index contributed by atoms with van der Waals surface area (Å²) in [7, 11) is -3.65. The van der Waals surface area contributed by atoms with E-state index in [9.17, 15) is 13.2 Å². The Morgan fingerprint density at radius 1 is 0.862 bits per heavy atom. The molecule has 7 heteroatoms. The number of aryl methyl sites for hydroxylation is 2. The molecule has 0 aliphatic heterocycles. The minimum atomic E-state index is -3.65. The van der Waals surface area contributed by atoms with Gasteiger partial charge >= 0.3 is 0 Å². The summed E-state index contributed by atoms with van der Waals surface area (Å²) < 4.78 is 28.5. The summed E-state index contributed by atoms with van der Waals surface area (Å²) in [5.41, 5.74) is 3.21. The van der Waals surface area contributed by atoms with Gasteiger partial charge in [-0.1, -0.05) is 45.8 Å². The molecule has 150 valence electrons. The van der Waals surface area contributed by atoms with Crippen molar-refractivity contribution in [2.45, 2.75) is 24.7 Å². The van der Waals surface area contributed by atoms with Gasteiger partial charge in [0.2, 0.25) is 5.91 Å². The summed E-state index contributed by atoms with van der Waals surface area (Å²) in [6.45, 7) is 1.94. The second-order valence-corrected chi connectivity index (χ2v) is 9.27. The quantitative estimate of drug-likeness (QED) is 0.500. The minimum Gasteiger partial charge on any atom is -0.326 e. The molecule has 1 amide bonds. The van der Waals surface area contributed by atoms with Crippen molar-refractivity contribution >= 4 is 43.2 Å². The summed E-state index contributed by atoms with van der Waals surface area (Å²) in [5.74, 6) is -0.0925. The average molecular weight is 473 g/mol. The summed E-state index contributed by atoms with van der Waals surface area (Å²) in [4.78, 5) is 12.3. The molecule has 3 rings (SSSR count). The van der Waals surface area contributed by atoms with E-state index < -0.39 is 10.0 Å². The third-order valence-corrected chi connectivity index (χ3v) is 6.23. The van der Waals surface area contributed by atoms with Crippen LogP contribution >= 0.6 is 15.9 Å². The molecule has 0 unspecified atom stereocenters. The molecule has 5 nitrogen and oxygen atoms in total. The molecular formula is C22H21BrN2O3S. The van der Waals surface area contributed by atoms with Crippen LogP contribution in [0.25, 0.3) is 0 Å². The van der Waals surface area contributed by atoms with Crippen LogP contribution in [0.4, 0.5) is 11.4 Å². The average Bonchev–Trinajstić information content (AvgIpc) is 2.70. The van der Waals surface area contributed by atoms with Crippen LogP contribution < -0.4 is 10.0 Å². The van der Waals surface area contributed by atoms with Crippen molar-refractivity contribution in [2.24, 2.45) is 0 Å². The fourth-order valence-electron chi connectivity index (χ4n) is 2.69. The van der Waals surface area contributed by atoms with Gasteiger partial charge in [-0.05, 0) is 67.4 Å². The largest absolute Gasteiger partial charge is 0.326 e. The third kappa shape index (κ3) is 6.17. The molecular weight excluding hydrogens is 452 g/mol. The molecule has 0 spiro atoms. The minimum absolute atomic E-state index is 0.0925. The first-order valence-corrected chi connectivity index (χ1v) is 11.3. The molecule has 0 bridgehead atoms. The van der Waals surface area contributed by atoms with E-state index in [1.54, 1.807) is 36.4 Å². The van der Waals surface area contributed by atoms with E-state index in [4.69, 9.17) is 0 Å². The van der Waals surface area contributed by atoms with Crippen molar-refractivity contribution in [3.63, 3.8) is 0 Å². The molecule has 3 aromatic carbocycles. The number of hydrogen-bond donors (Lipinski definition) is 2. The van der Waals surface area contributed by atoms with E-state index >= 15 is 0 Å². The van der Waals surface area contributed by atoms with Gasteiger partial charge in [0.25, 0.3) is 10.0 Å². The Hall–Kier alpha value is -2.64. The highest BCUT2D eigenvalue weighted by atomic mass is 79.9. The molecule has 0 atom stereocenters. The topological polar surface area (TPSA) is 75.3 Å². The predicted octanol–water partition coefficient (Wildman–Crippen LogP) is 5.13. The Kier molecular flexibility index (Phi) is 6.71. The maximum Gasteiger partial charge on any atom is 0.261 e. The Morgan fingerprint density at radius 2 is 1.45 bits per heavy atom. The SMILES string of the molecule is Cc1ccc(NS(=O)(=O)c2ccc(CCC(=O)Nc3ccc(Br)cc3)cc2)cc1. The summed E-state index contributed by atoms with van der Waals surface area (Å²) in [5, 5.41) is 2.84. The van der Waals surface area contributed by atoms with Crippen LogP contribution in [0.5, 0.6) is 0 Å². The van der Waals surface area contributed by atoms with E-state index in [2.05, 4.69) is 26.0 Å². The highest BCUT2D eigenvalue weighted by molar-refractivity contribution is 9.10. The van der Waals surface area contributed by atoms with Gasteiger partial charge in [0.1, 0.15) is 0 Å². The first-order chi connectivity index (χ1) is 13.8. The first kappa shape index (κ1) is 21.1. The van der Waals surface area contributed by atoms with Crippen molar-refractivity contribution in [1.82, 2.24) is 0 Å². The van der Waals surface area contributed by atoms with E-state index in [-0.39, 0.29) is 10.8 Å². The highest BCUT2D eigenvalue weighted by Gasteiger charge is 2.14. The maximum absolute atomic E-state index is 12.5. The zero-order chi connectivity index (χ0) is 20.9. The normalized spacial score (nSPS) is 11.1. The van der Waals surface area contributed by atoms with E-state index in [0.29, 0.717) is 18.5 Å². The lowest BCUT2D eigenvalue weighted by Crippen LogP contribution is -2.13. The Bertz CT molecular complexity index is 1080. The number of amides is 1. The third-order valence-electron chi connectivity index (χ3n) is 4.31. The van der Waals surface area contributed by atoms with Crippen LogP contribution in [-0.2, 0) is 21.2 Å². The monoisotopic (exact) mass is 472 g/mol. The molecule has 0 saturated heterocycles. The maximum atomic E-state index is 12.5. The van der Waals surface area contributed by atoms with E-state index in [1.165, 1.54) is 0 Å². The number of benzene rings is 3. The van der Waals surface area contributed by atoms with Gasteiger partial charge in [-0.2, -0.15) is 0 Å². The van der Waals surface area contributed by atoms with E-state index in [0.717, 1.165) is 21.3 Å². The fraction of sp³-hybridized carbons (Fsp3) is 0.136. The molecule has 29 heavy (non-hydrogen) atoms. The number of carbonyl (C=O) groups excluding carboxylic acids is 1. The van der Waals surface area contributed by atoms with E-state index in [1.807, 2.05) is 43.3 Å². The van der Waals surface area contributed by atoms with Crippen molar-refractivity contribution < 1.29 is 13.2 Å².